The summed E-state index contributed by atoms with van der Waals surface area (Å²) in [7, 11) is 0. The Hall–Kier alpha value is -2.21. The average Bonchev–Trinajstić information content (AvgIpc) is 2.48. The van der Waals surface area contributed by atoms with Gasteiger partial charge in [-0.1, -0.05) is 34.1 Å². The molecule has 120 valence electrons. The average molecular weight is 380 g/mol. The Labute approximate surface area is 141 Å². The number of nitrogens with one attached hydrogen (secondary N) is 1. The van der Waals surface area contributed by atoms with Crippen LogP contribution >= 0.6 is 15.9 Å². The SMILES string of the molecule is CC(=O)Nc1ccc(CC(=O)OCc2ccc(Br)cc2F)cc1. The summed E-state index contributed by atoms with van der Waals surface area (Å²) in [5.41, 5.74) is 1.73. The van der Waals surface area contributed by atoms with Crippen molar-refractivity contribution in [3.63, 3.8) is 0 Å². The first kappa shape index (κ1) is 17.1. The number of esters is 1. The molecule has 2 aromatic carbocycles. The van der Waals surface area contributed by atoms with E-state index in [1.54, 1.807) is 36.4 Å². The van der Waals surface area contributed by atoms with E-state index in [-0.39, 0.29) is 18.9 Å². The van der Waals surface area contributed by atoms with Gasteiger partial charge in [0.25, 0.3) is 0 Å². The molecule has 0 bridgehead atoms. The van der Waals surface area contributed by atoms with E-state index in [0.717, 1.165) is 5.56 Å². The van der Waals surface area contributed by atoms with E-state index in [4.69, 9.17) is 4.74 Å². The summed E-state index contributed by atoms with van der Waals surface area (Å²) >= 11 is 3.17. The second-order valence-electron chi connectivity index (χ2n) is 4.95. The lowest BCUT2D eigenvalue weighted by molar-refractivity contribution is -0.144. The first-order chi connectivity index (χ1) is 10.9. The van der Waals surface area contributed by atoms with Crippen LogP contribution in [0.3, 0.4) is 0 Å². The third-order valence-electron chi connectivity index (χ3n) is 3.03. The smallest absolute Gasteiger partial charge is 0.310 e. The minimum absolute atomic E-state index is 0.0818. The Morgan fingerprint density at radius 2 is 1.87 bits per heavy atom. The van der Waals surface area contributed by atoms with Gasteiger partial charge >= 0.3 is 5.97 Å². The Kier molecular flexibility index (Phi) is 5.87. The molecule has 0 aliphatic heterocycles. The molecule has 1 N–H and O–H groups in total. The molecule has 0 saturated heterocycles. The highest BCUT2D eigenvalue weighted by Gasteiger charge is 2.08. The van der Waals surface area contributed by atoms with Gasteiger partial charge in [-0.05, 0) is 29.8 Å². The number of carbonyl (C=O) groups excluding carboxylic acids is 2. The summed E-state index contributed by atoms with van der Waals surface area (Å²) in [6, 6.07) is 11.4. The molecule has 0 fully saturated rings. The van der Waals surface area contributed by atoms with E-state index < -0.39 is 11.8 Å². The fourth-order valence-corrected chi connectivity index (χ4v) is 2.26. The summed E-state index contributed by atoms with van der Waals surface area (Å²) in [6.07, 6.45) is 0.0818. The maximum absolute atomic E-state index is 13.6. The van der Waals surface area contributed by atoms with E-state index >= 15 is 0 Å². The Morgan fingerprint density at radius 1 is 1.17 bits per heavy atom. The zero-order chi connectivity index (χ0) is 16.8. The summed E-state index contributed by atoms with van der Waals surface area (Å²) in [4.78, 5) is 22.7. The van der Waals surface area contributed by atoms with E-state index in [0.29, 0.717) is 15.7 Å². The first-order valence-electron chi connectivity index (χ1n) is 6.90. The van der Waals surface area contributed by atoms with Crippen molar-refractivity contribution in [3.8, 4) is 0 Å². The number of hydrogen-bond donors (Lipinski definition) is 1. The van der Waals surface area contributed by atoms with Crippen LogP contribution in [0.15, 0.2) is 46.9 Å². The molecule has 0 radical (unpaired) electrons. The van der Waals surface area contributed by atoms with Crippen molar-refractivity contribution in [2.24, 2.45) is 0 Å². The lowest BCUT2D eigenvalue weighted by Crippen LogP contribution is -2.09. The van der Waals surface area contributed by atoms with Gasteiger partial charge in [0.2, 0.25) is 5.91 Å². The van der Waals surface area contributed by atoms with Gasteiger partial charge in [-0.3, -0.25) is 9.59 Å². The van der Waals surface area contributed by atoms with E-state index in [9.17, 15) is 14.0 Å². The number of amides is 1. The minimum atomic E-state index is -0.445. The van der Waals surface area contributed by atoms with Crippen molar-refractivity contribution < 1.29 is 18.7 Å². The van der Waals surface area contributed by atoms with Crippen molar-refractivity contribution in [3.05, 3.63) is 63.9 Å². The topological polar surface area (TPSA) is 55.4 Å². The van der Waals surface area contributed by atoms with Crippen molar-refractivity contribution >= 4 is 33.5 Å². The summed E-state index contributed by atoms with van der Waals surface area (Å²) in [5.74, 6) is -1.03. The van der Waals surface area contributed by atoms with Gasteiger partial charge in [-0.2, -0.15) is 0 Å². The van der Waals surface area contributed by atoms with Crippen molar-refractivity contribution in [2.75, 3.05) is 5.32 Å². The normalized spacial score (nSPS) is 10.2. The highest BCUT2D eigenvalue weighted by Crippen LogP contribution is 2.16. The lowest BCUT2D eigenvalue weighted by atomic mass is 10.1. The number of halogens is 2. The largest absolute Gasteiger partial charge is 0.460 e. The fourth-order valence-electron chi connectivity index (χ4n) is 1.92. The monoisotopic (exact) mass is 379 g/mol. The van der Waals surface area contributed by atoms with Crippen molar-refractivity contribution in [1.29, 1.82) is 0 Å². The second kappa shape index (κ2) is 7.87. The fraction of sp³-hybridized carbons (Fsp3) is 0.176. The predicted octanol–water partition coefficient (Wildman–Crippen LogP) is 3.83. The highest BCUT2D eigenvalue weighted by molar-refractivity contribution is 9.10. The van der Waals surface area contributed by atoms with Gasteiger partial charge in [0.05, 0.1) is 6.42 Å². The van der Waals surface area contributed by atoms with E-state index in [1.165, 1.54) is 13.0 Å². The Bertz CT molecular complexity index is 716. The number of hydrogen-bond acceptors (Lipinski definition) is 3. The van der Waals surface area contributed by atoms with Crippen LogP contribution in [-0.4, -0.2) is 11.9 Å². The summed E-state index contributed by atoms with van der Waals surface area (Å²) < 4.78 is 19.3. The number of benzene rings is 2. The molecule has 0 unspecified atom stereocenters. The zero-order valence-electron chi connectivity index (χ0n) is 12.4. The van der Waals surface area contributed by atoms with Crippen LogP contribution < -0.4 is 5.32 Å². The molecule has 1 amide bonds. The van der Waals surface area contributed by atoms with E-state index in [2.05, 4.69) is 21.2 Å². The molecule has 0 aliphatic carbocycles. The molecular weight excluding hydrogens is 365 g/mol. The quantitative estimate of drug-likeness (QED) is 0.803. The van der Waals surface area contributed by atoms with Crippen LogP contribution in [0.1, 0.15) is 18.1 Å². The molecule has 0 atom stereocenters. The number of rotatable bonds is 5. The maximum Gasteiger partial charge on any atom is 0.310 e. The van der Waals surface area contributed by atoms with Crippen LogP contribution in [0.5, 0.6) is 0 Å². The highest BCUT2D eigenvalue weighted by atomic mass is 79.9. The standard InChI is InChI=1S/C17H15BrFNO3/c1-11(21)20-15-6-2-12(3-7-15)8-17(22)23-10-13-4-5-14(18)9-16(13)19/h2-7,9H,8,10H2,1H3,(H,20,21). The summed E-state index contributed by atoms with van der Waals surface area (Å²) in [6.45, 7) is 1.31. The lowest BCUT2D eigenvalue weighted by Gasteiger charge is -2.07. The molecule has 2 aromatic rings. The molecule has 0 aliphatic rings. The number of carbonyl (C=O) groups is 2. The predicted molar refractivity (Wildman–Crippen MR) is 88.3 cm³/mol. The number of anilines is 1. The van der Waals surface area contributed by atoms with Gasteiger partial charge < -0.3 is 10.1 Å². The minimum Gasteiger partial charge on any atom is -0.460 e. The molecule has 23 heavy (non-hydrogen) atoms. The van der Waals surface area contributed by atoms with Crippen molar-refractivity contribution in [2.45, 2.75) is 20.0 Å². The molecule has 4 nitrogen and oxygen atoms in total. The van der Waals surface area contributed by atoms with Crippen LogP contribution in [0.4, 0.5) is 10.1 Å². The van der Waals surface area contributed by atoms with Crippen LogP contribution in [-0.2, 0) is 27.4 Å². The van der Waals surface area contributed by atoms with Crippen LogP contribution in [0, 0.1) is 5.82 Å². The molecule has 2 rings (SSSR count). The van der Waals surface area contributed by atoms with Crippen molar-refractivity contribution in [1.82, 2.24) is 0 Å². The molecule has 0 heterocycles. The Morgan fingerprint density at radius 3 is 2.48 bits per heavy atom. The summed E-state index contributed by atoms with van der Waals surface area (Å²) in [5, 5.41) is 2.64. The maximum atomic E-state index is 13.6. The third-order valence-corrected chi connectivity index (χ3v) is 3.52. The Balaban J connectivity index is 1.88. The van der Waals surface area contributed by atoms with Gasteiger partial charge in [-0.25, -0.2) is 4.39 Å². The van der Waals surface area contributed by atoms with Gasteiger partial charge in [0.15, 0.2) is 0 Å². The van der Waals surface area contributed by atoms with Gasteiger partial charge in [-0.15, -0.1) is 0 Å². The zero-order valence-corrected chi connectivity index (χ0v) is 14.0. The molecule has 0 saturated carbocycles. The van der Waals surface area contributed by atoms with E-state index in [1.807, 2.05) is 0 Å². The molecule has 0 aromatic heterocycles. The van der Waals surface area contributed by atoms with Crippen LogP contribution in [0.25, 0.3) is 0 Å². The van der Waals surface area contributed by atoms with Gasteiger partial charge in [0.1, 0.15) is 12.4 Å². The second-order valence-corrected chi connectivity index (χ2v) is 5.87. The third kappa shape index (κ3) is 5.49. The molecule has 6 heteroatoms. The molecular formula is C17H15BrFNO3. The first-order valence-corrected chi connectivity index (χ1v) is 7.69. The molecule has 0 spiro atoms. The number of ether oxygens (including phenoxy) is 1. The van der Waals surface area contributed by atoms with Crippen LogP contribution in [0.2, 0.25) is 0 Å². The van der Waals surface area contributed by atoms with Gasteiger partial charge in [0, 0.05) is 22.6 Å².